The van der Waals surface area contributed by atoms with Gasteiger partial charge in [0.1, 0.15) is 12.7 Å². The zero-order valence-corrected chi connectivity index (χ0v) is 11.9. The van der Waals surface area contributed by atoms with Crippen molar-refractivity contribution in [3.8, 4) is 5.75 Å². The fraction of sp³-hybridized carbons (Fsp3) is 0.333. The van der Waals surface area contributed by atoms with E-state index in [0.29, 0.717) is 6.54 Å². The van der Waals surface area contributed by atoms with Crippen LogP contribution in [0.3, 0.4) is 0 Å². The molecule has 3 nitrogen and oxygen atoms in total. The molecule has 2 N–H and O–H groups in total. The number of rotatable bonds is 8. The van der Waals surface area contributed by atoms with E-state index in [9.17, 15) is 9.50 Å². The molecule has 0 spiro atoms. The van der Waals surface area contributed by atoms with Gasteiger partial charge in [0, 0.05) is 6.54 Å². The highest BCUT2D eigenvalue weighted by Gasteiger charge is 2.07. The lowest BCUT2D eigenvalue weighted by Gasteiger charge is -2.13. The van der Waals surface area contributed by atoms with Crippen molar-refractivity contribution in [2.75, 3.05) is 19.7 Å². The number of aliphatic hydroxyl groups excluding tert-OH is 1. The van der Waals surface area contributed by atoms with Crippen molar-refractivity contribution in [1.29, 1.82) is 0 Å². The highest BCUT2D eigenvalue weighted by Crippen LogP contribution is 2.15. The summed E-state index contributed by atoms with van der Waals surface area (Å²) in [6.45, 7) is 1.30. The van der Waals surface area contributed by atoms with Crippen LogP contribution < -0.4 is 10.1 Å². The van der Waals surface area contributed by atoms with Gasteiger partial charge in [-0.05, 0) is 47.5 Å². The van der Waals surface area contributed by atoms with Gasteiger partial charge >= 0.3 is 0 Å². The minimum atomic E-state index is -0.655. The Morgan fingerprint density at radius 2 is 2.15 bits per heavy atom. The van der Waals surface area contributed by atoms with E-state index in [4.69, 9.17) is 4.74 Å². The highest BCUT2D eigenvalue weighted by atomic mass is 32.1. The molecule has 108 valence electrons. The van der Waals surface area contributed by atoms with E-state index >= 15 is 0 Å². The summed E-state index contributed by atoms with van der Waals surface area (Å²) in [5, 5.41) is 17.1. The fourth-order valence-corrected chi connectivity index (χ4v) is 2.45. The molecule has 1 aromatic carbocycles. The number of hydrogen-bond acceptors (Lipinski definition) is 4. The molecular weight excluding hydrogens is 277 g/mol. The number of ether oxygens (including phenoxy) is 1. The second-order valence-corrected chi connectivity index (χ2v) is 5.26. The van der Waals surface area contributed by atoms with Crippen LogP contribution in [-0.2, 0) is 6.42 Å². The summed E-state index contributed by atoms with van der Waals surface area (Å²) in [5.41, 5.74) is 1.29. The van der Waals surface area contributed by atoms with E-state index in [1.807, 2.05) is 5.38 Å². The molecule has 5 heteroatoms. The van der Waals surface area contributed by atoms with Crippen molar-refractivity contribution in [1.82, 2.24) is 5.32 Å². The summed E-state index contributed by atoms with van der Waals surface area (Å²) in [7, 11) is 0. The van der Waals surface area contributed by atoms with Crippen molar-refractivity contribution in [3.63, 3.8) is 0 Å². The van der Waals surface area contributed by atoms with E-state index in [0.717, 1.165) is 13.0 Å². The largest absolute Gasteiger partial charge is 0.488 e. The third-order valence-electron chi connectivity index (χ3n) is 2.82. The van der Waals surface area contributed by atoms with Crippen molar-refractivity contribution >= 4 is 11.3 Å². The van der Waals surface area contributed by atoms with Crippen molar-refractivity contribution in [2.24, 2.45) is 0 Å². The van der Waals surface area contributed by atoms with Crippen LogP contribution in [0.1, 0.15) is 5.56 Å². The maximum atomic E-state index is 13.3. The van der Waals surface area contributed by atoms with Gasteiger partial charge in [0.15, 0.2) is 11.6 Å². The van der Waals surface area contributed by atoms with Crippen molar-refractivity contribution in [3.05, 3.63) is 52.5 Å². The lowest BCUT2D eigenvalue weighted by atomic mass is 10.2. The van der Waals surface area contributed by atoms with E-state index in [-0.39, 0.29) is 12.4 Å². The summed E-state index contributed by atoms with van der Waals surface area (Å²) < 4.78 is 18.5. The quantitative estimate of drug-likeness (QED) is 0.735. The first-order valence-corrected chi connectivity index (χ1v) is 7.47. The lowest BCUT2D eigenvalue weighted by Crippen LogP contribution is -2.32. The van der Waals surface area contributed by atoms with Gasteiger partial charge in [0.25, 0.3) is 0 Å². The SMILES string of the molecule is OC(CNCCc1ccsc1)COc1ccccc1F. The molecule has 0 aliphatic carbocycles. The Morgan fingerprint density at radius 1 is 1.30 bits per heavy atom. The first kappa shape index (κ1) is 15.0. The summed E-state index contributed by atoms with van der Waals surface area (Å²) in [6, 6.07) is 8.27. The molecule has 0 fully saturated rings. The second-order valence-electron chi connectivity index (χ2n) is 4.48. The molecule has 1 heterocycles. The first-order chi connectivity index (χ1) is 9.75. The molecule has 1 unspecified atom stereocenters. The number of hydrogen-bond donors (Lipinski definition) is 2. The monoisotopic (exact) mass is 295 g/mol. The maximum absolute atomic E-state index is 13.3. The molecule has 2 aromatic rings. The van der Waals surface area contributed by atoms with Crippen LogP contribution in [0.4, 0.5) is 4.39 Å². The smallest absolute Gasteiger partial charge is 0.165 e. The summed E-state index contributed by atoms with van der Waals surface area (Å²) in [5.74, 6) is -0.241. The Bertz CT molecular complexity index is 504. The Morgan fingerprint density at radius 3 is 2.90 bits per heavy atom. The van der Waals surface area contributed by atoms with Gasteiger partial charge in [-0.25, -0.2) is 4.39 Å². The summed E-state index contributed by atoms with van der Waals surface area (Å²) in [4.78, 5) is 0. The molecule has 20 heavy (non-hydrogen) atoms. The van der Waals surface area contributed by atoms with Gasteiger partial charge in [-0.1, -0.05) is 12.1 Å². The standard InChI is InChI=1S/C15H18FNO2S/c16-14-3-1-2-4-15(14)19-10-13(18)9-17-7-5-12-6-8-20-11-12/h1-4,6,8,11,13,17-18H,5,7,9-10H2. The van der Waals surface area contributed by atoms with Gasteiger partial charge in [-0.15, -0.1) is 0 Å². The number of benzene rings is 1. The van der Waals surface area contributed by atoms with Crippen molar-refractivity contribution < 1.29 is 14.2 Å². The van der Waals surface area contributed by atoms with Crippen LogP contribution in [0.2, 0.25) is 0 Å². The van der Waals surface area contributed by atoms with Crippen LogP contribution in [0.5, 0.6) is 5.75 Å². The van der Waals surface area contributed by atoms with Gasteiger partial charge in [0.2, 0.25) is 0 Å². The minimum Gasteiger partial charge on any atom is -0.488 e. The molecule has 0 saturated carbocycles. The minimum absolute atomic E-state index is 0.0758. The predicted molar refractivity (Wildman–Crippen MR) is 78.8 cm³/mol. The molecule has 1 atom stereocenters. The predicted octanol–water partition coefficient (Wildman–Crippen LogP) is 2.46. The van der Waals surface area contributed by atoms with E-state index in [2.05, 4.69) is 16.8 Å². The van der Waals surface area contributed by atoms with E-state index in [1.165, 1.54) is 11.6 Å². The average Bonchev–Trinajstić information content (AvgIpc) is 2.96. The Balaban J connectivity index is 1.61. The van der Waals surface area contributed by atoms with Gasteiger partial charge in [0.05, 0.1) is 0 Å². The third-order valence-corrected chi connectivity index (χ3v) is 3.55. The second kappa shape index (κ2) is 7.99. The number of thiophene rings is 1. The molecule has 1 aromatic heterocycles. The Kier molecular flexibility index (Phi) is 5.98. The van der Waals surface area contributed by atoms with Gasteiger partial charge < -0.3 is 15.2 Å². The van der Waals surface area contributed by atoms with E-state index in [1.54, 1.807) is 29.5 Å². The normalized spacial score (nSPS) is 12.3. The topological polar surface area (TPSA) is 41.5 Å². The molecule has 0 amide bonds. The summed E-state index contributed by atoms with van der Waals surface area (Å²) in [6.07, 6.45) is 0.279. The number of nitrogens with one attached hydrogen (secondary N) is 1. The highest BCUT2D eigenvalue weighted by molar-refractivity contribution is 7.07. The Labute approximate surface area is 122 Å². The molecule has 0 radical (unpaired) electrons. The molecule has 2 rings (SSSR count). The summed E-state index contributed by atoms with van der Waals surface area (Å²) >= 11 is 1.68. The van der Waals surface area contributed by atoms with Gasteiger partial charge in [-0.2, -0.15) is 11.3 Å². The van der Waals surface area contributed by atoms with Crippen LogP contribution in [0.25, 0.3) is 0 Å². The molecule has 0 aliphatic rings. The molecular formula is C15H18FNO2S. The van der Waals surface area contributed by atoms with Crippen LogP contribution in [-0.4, -0.2) is 30.9 Å². The Hall–Kier alpha value is -1.43. The number of para-hydroxylation sites is 1. The van der Waals surface area contributed by atoms with Crippen LogP contribution in [0.15, 0.2) is 41.1 Å². The van der Waals surface area contributed by atoms with Gasteiger partial charge in [-0.3, -0.25) is 0 Å². The maximum Gasteiger partial charge on any atom is 0.165 e. The molecule has 0 saturated heterocycles. The average molecular weight is 295 g/mol. The van der Waals surface area contributed by atoms with Crippen LogP contribution in [0, 0.1) is 5.82 Å². The zero-order valence-electron chi connectivity index (χ0n) is 11.1. The first-order valence-electron chi connectivity index (χ1n) is 6.53. The zero-order chi connectivity index (χ0) is 14.2. The van der Waals surface area contributed by atoms with E-state index < -0.39 is 11.9 Å². The molecule has 0 aliphatic heterocycles. The number of halogens is 1. The third kappa shape index (κ3) is 4.92. The van der Waals surface area contributed by atoms with Crippen molar-refractivity contribution in [2.45, 2.75) is 12.5 Å². The van der Waals surface area contributed by atoms with Crippen LogP contribution >= 0.6 is 11.3 Å². The number of aliphatic hydroxyl groups is 1. The fourth-order valence-electron chi connectivity index (χ4n) is 1.74. The molecule has 0 bridgehead atoms. The lowest BCUT2D eigenvalue weighted by molar-refractivity contribution is 0.104.